The van der Waals surface area contributed by atoms with Gasteiger partial charge in [0.05, 0.1) is 10.2 Å². The van der Waals surface area contributed by atoms with Crippen LogP contribution in [0.15, 0.2) is 133 Å². The van der Waals surface area contributed by atoms with Crippen molar-refractivity contribution in [2.75, 3.05) is 24.7 Å². The summed E-state index contributed by atoms with van der Waals surface area (Å²) in [5.41, 5.74) is 1.71. The van der Waals surface area contributed by atoms with E-state index in [2.05, 4.69) is 46.7 Å². The fourth-order valence-electron chi connectivity index (χ4n) is 6.18. The largest absolute Gasteiger partial charge is 1.00 e. The Kier molecular flexibility index (Phi) is 13.7. The second-order valence-electron chi connectivity index (χ2n) is 12.3. The van der Waals surface area contributed by atoms with Gasteiger partial charge >= 0.3 is 11.9 Å². The van der Waals surface area contributed by atoms with Crippen LogP contribution < -0.4 is 38.4 Å². The number of rotatable bonds is 15. The number of nitrogens with zero attached hydrogens (tertiary/aromatic N) is 1. The first kappa shape index (κ1) is 39.8. The predicted octanol–water partition coefficient (Wildman–Crippen LogP) is 3.53. The normalized spacial score (nSPS) is 11.5. The van der Waals surface area contributed by atoms with Crippen molar-refractivity contribution in [2.24, 2.45) is 0 Å². The van der Waals surface area contributed by atoms with Crippen molar-refractivity contribution < 1.29 is 45.8 Å². The lowest BCUT2D eigenvalue weighted by atomic mass is 10.0. The van der Waals surface area contributed by atoms with E-state index in [9.17, 15) is 19.2 Å². The summed E-state index contributed by atoms with van der Waals surface area (Å²) in [6.07, 6.45) is -0.611. The number of nitrogens with one attached hydrogen (secondary N) is 1. The van der Waals surface area contributed by atoms with Crippen LogP contribution in [0.3, 0.4) is 0 Å². The van der Waals surface area contributed by atoms with Crippen molar-refractivity contribution in [3.8, 4) is 5.75 Å². The number of amides is 1. The molecule has 1 aromatic heterocycles. The van der Waals surface area contributed by atoms with Crippen LogP contribution in [0.2, 0.25) is 0 Å². The van der Waals surface area contributed by atoms with Crippen molar-refractivity contribution >= 4 is 73.5 Å². The topological polar surface area (TPSA) is 121 Å². The molecule has 0 aliphatic rings. The number of aromatic nitrogens is 1. The maximum absolute atomic E-state index is 14.6. The number of ether oxygens (including phenoxy) is 3. The Balaban J connectivity index is 0.00000561. The maximum Gasteiger partial charge on any atom is 0.303 e. The summed E-state index contributed by atoms with van der Waals surface area (Å²) < 4.78 is 17.7. The standard InChI is InChI=1S/C42H37N2O7PS.ClH/c1-29(45)49-26-33(51-30(2)46)25-32-24-31(22-23-39(32)50-27-41(48)44-42-43-37-20-12-13-21-40(37)53-42)38(47)28-52(34-14-6-3-7-15-34,35-16-8-4-9-17-35)36-18-10-5-11-19-36;/h3-24,33H,25-28H2,1-2H3;1H. The van der Waals surface area contributed by atoms with Crippen LogP contribution in [0.5, 0.6) is 5.75 Å². The number of Topliss-reactive ketones (excluding diaryl/α,β-unsaturated/α-hetero) is 1. The molecular formula is C42H38ClN2O7PS. The molecule has 1 heterocycles. The van der Waals surface area contributed by atoms with Crippen LogP contribution >= 0.6 is 18.6 Å². The van der Waals surface area contributed by atoms with Gasteiger partial charge in [0, 0.05) is 25.8 Å². The zero-order chi connectivity index (χ0) is 37.2. The average molecular weight is 781 g/mol. The number of fused-ring (bicyclic) bond motifs is 1. The van der Waals surface area contributed by atoms with E-state index in [1.54, 1.807) is 18.2 Å². The van der Waals surface area contributed by atoms with Gasteiger partial charge in [0.15, 0.2) is 11.7 Å². The van der Waals surface area contributed by atoms with Gasteiger partial charge in [-0.15, -0.1) is 0 Å². The van der Waals surface area contributed by atoms with Gasteiger partial charge in [-0.05, 0) is 72.3 Å². The van der Waals surface area contributed by atoms with Gasteiger partial charge in [0.25, 0.3) is 5.91 Å². The van der Waals surface area contributed by atoms with Crippen molar-refractivity contribution in [3.05, 3.63) is 145 Å². The smallest absolute Gasteiger partial charge is 0.303 e. The molecule has 0 saturated carbocycles. The van der Waals surface area contributed by atoms with E-state index in [1.165, 1.54) is 25.2 Å². The number of hydrogen-bond acceptors (Lipinski definition) is 9. The molecule has 12 heteroatoms. The van der Waals surface area contributed by atoms with Crippen molar-refractivity contribution in [1.29, 1.82) is 0 Å². The highest BCUT2D eigenvalue weighted by atomic mass is 35.5. The minimum atomic E-state index is -2.51. The fourth-order valence-corrected chi connectivity index (χ4v) is 11.2. The van der Waals surface area contributed by atoms with Gasteiger partial charge in [-0.2, -0.15) is 0 Å². The highest BCUT2D eigenvalue weighted by Gasteiger charge is 2.47. The Labute approximate surface area is 324 Å². The van der Waals surface area contributed by atoms with Crippen molar-refractivity contribution in [1.82, 2.24) is 4.98 Å². The minimum Gasteiger partial charge on any atom is -1.00 e. The number of ketones is 1. The van der Waals surface area contributed by atoms with Gasteiger partial charge in [-0.1, -0.05) is 78.1 Å². The number of hydrogen-bond donors (Lipinski definition) is 1. The molecule has 0 aliphatic heterocycles. The lowest BCUT2D eigenvalue weighted by Gasteiger charge is -2.27. The van der Waals surface area contributed by atoms with Gasteiger partial charge in [-0.3, -0.25) is 24.5 Å². The average Bonchev–Trinajstić information content (AvgIpc) is 3.58. The summed E-state index contributed by atoms with van der Waals surface area (Å²) in [5, 5.41) is 6.44. The summed E-state index contributed by atoms with van der Waals surface area (Å²) in [6, 6.07) is 43.0. The lowest BCUT2D eigenvalue weighted by Crippen LogP contribution is -3.00. The van der Waals surface area contributed by atoms with Crippen LogP contribution in [0, 0.1) is 0 Å². The molecule has 1 atom stereocenters. The first-order valence-electron chi connectivity index (χ1n) is 17.0. The van der Waals surface area contributed by atoms with Crippen molar-refractivity contribution in [2.45, 2.75) is 26.4 Å². The molecule has 0 fully saturated rings. The number of carbonyl (C=O) groups is 4. The van der Waals surface area contributed by atoms with Crippen LogP contribution in [0.4, 0.5) is 5.13 Å². The summed E-state index contributed by atoms with van der Waals surface area (Å²) >= 11 is 1.35. The monoisotopic (exact) mass is 780 g/mol. The predicted molar refractivity (Wildman–Crippen MR) is 210 cm³/mol. The number of halogens is 1. The summed E-state index contributed by atoms with van der Waals surface area (Å²) in [7, 11) is -2.51. The molecule has 1 unspecified atom stereocenters. The van der Waals surface area contributed by atoms with Crippen LogP contribution in [0.25, 0.3) is 10.2 Å². The fraction of sp³-hybridized carbons (Fsp3) is 0.167. The zero-order valence-electron chi connectivity index (χ0n) is 29.6. The Bertz CT molecular complexity index is 2090. The van der Waals surface area contributed by atoms with E-state index >= 15 is 0 Å². The van der Waals surface area contributed by atoms with Gasteiger partial charge in [-0.25, -0.2) is 4.98 Å². The molecule has 0 bridgehead atoms. The Morgan fingerprint density at radius 2 is 1.31 bits per heavy atom. The molecule has 0 spiro atoms. The summed E-state index contributed by atoms with van der Waals surface area (Å²) in [4.78, 5) is 55.8. The van der Waals surface area contributed by atoms with Crippen LogP contribution in [-0.2, 0) is 30.3 Å². The third kappa shape index (κ3) is 9.76. The first-order valence-corrected chi connectivity index (χ1v) is 19.8. The van der Waals surface area contributed by atoms with E-state index in [0.29, 0.717) is 22.0 Å². The first-order chi connectivity index (χ1) is 25.7. The molecule has 1 amide bonds. The number of para-hydroxylation sites is 1. The maximum atomic E-state index is 14.6. The van der Waals surface area contributed by atoms with E-state index in [-0.39, 0.29) is 44.0 Å². The number of carbonyl (C=O) groups excluding carboxylic acids is 4. The second kappa shape index (κ2) is 18.6. The Morgan fingerprint density at radius 3 is 1.87 bits per heavy atom. The molecule has 0 radical (unpaired) electrons. The molecule has 6 rings (SSSR count). The quantitative estimate of drug-likeness (QED) is 0.0956. The number of esters is 2. The molecule has 5 aromatic carbocycles. The highest BCUT2D eigenvalue weighted by molar-refractivity contribution is 7.96. The molecule has 0 saturated heterocycles. The third-order valence-electron chi connectivity index (χ3n) is 8.51. The lowest BCUT2D eigenvalue weighted by molar-refractivity contribution is -0.156. The molecular weight excluding hydrogens is 743 g/mol. The Morgan fingerprint density at radius 1 is 0.741 bits per heavy atom. The molecule has 0 aliphatic carbocycles. The zero-order valence-corrected chi connectivity index (χ0v) is 32.1. The van der Waals surface area contributed by atoms with E-state index in [4.69, 9.17) is 14.2 Å². The second-order valence-corrected chi connectivity index (χ2v) is 16.8. The molecule has 6 aromatic rings. The van der Waals surface area contributed by atoms with Crippen LogP contribution in [-0.4, -0.2) is 54.1 Å². The molecule has 54 heavy (non-hydrogen) atoms. The number of benzene rings is 5. The van der Waals surface area contributed by atoms with E-state index in [0.717, 1.165) is 26.1 Å². The molecule has 276 valence electrons. The van der Waals surface area contributed by atoms with E-state index in [1.807, 2.05) is 78.9 Å². The highest BCUT2D eigenvalue weighted by Crippen LogP contribution is 2.55. The van der Waals surface area contributed by atoms with Gasteiger partial charge in [0.1, 0.15) is 47.8 Å². The number of thiazole rings is 1. The van der Waals surface area contributed by atoms with Gasteiger partial charge < -0.3 is 26.6 Å². The SMILES string of the molecule is CC(=O)OCC(Cc1cc(C(=O)C[P+](c2ccccc2)(c2ccccc2)c2ccccc2)ccc1OCC(=O)Nc1nc2ccccc2s1)OC(C)=O.[Cl-]. The minimum absolute atomic E-state index is 0. The summed E-state index contributed by atoms with van der Waals surface area (Å²) in [5.74, 6) is -1.29. The molecule has 1 N–H and O–H groups in total. The molecule has 9 nitrogen and oxygen atoms in total. The van der Waals surface area contributed by atoms with Crippen molar-refractivity contribution in [3.63, 3.8) is 0 Å². The third-order valence-corrected chi connectivity index (χ3v) is 13.8. The van der Waals surface area contributed by atoms with E-state index < -0.39 is 31.2 Å². The number of anilines is 1. The summed E-state index contributed by atoms with van der Waals surface area (Å²) in [6.45, 7) is 1.99. The van der Waals surface area contributed by atoms with Crippen LogP contribution in [0.1, 0.15) is 29.8 Å². The Hall–Kier alpha value is -5.41. The van der Waals surface area contributed by atoms with Gasteiger partial charge in [0.2, 0.25) is 5.78 Å².